The number of aliphatic carboxylic acids is 3. The van der Waals surface area contributed by atoms with Gasteiger partial charge in [-0.2, -0.15) is 0 Å². The van der Waals surface area contributed by atoms with Crippen molar-refractivity contribution in [2.75, 3.05) is 0 Å². The average molecular weight is 285 g/mol. The molecule has 0 heterocycles. The van der Waals surface area contributed by atoms with E-state index in [9.17, 15) is 29.7 Å². The van der Waals surface area contributed by atoms with Gasteiger partial charge in [0.1, 0.15) is 0 Å². The van der Waals surface area contributed by atoms with Crippen molar-refractivity contribution in [3.05, 3.63) is 12.2 Å². The molecule has 0 fully saturated rings. The zero-order valence-corrected chi connectivity index (χ0v) is 11.8. The Kier molecular flexibility index (Phi) is 15.6. The molecule has 0 radical (unpaired) electrons. The van der Waals surface area contributed by atoms with Crippen LogP contribution in [-0.4, -0.2) is 17.9 Å². The number of hydrogen-bond donors (Lipinski definition) is 0. The SMILES string of the molecule is CCCCCCCCCC(=O)[O-].O=C([O-])/C=C/C(=O)[O-]. The minimum absolute atomic E-state index is 0.230. The largest absolute Gasteiger partial charge is 0.550 e. The summed E-state index contributed by atoms with van der Waals surface area (Å²) in [5.41, 5.74) is 0. The van der Waals surface area contributed by atoms with E-state index in [2.05, 4.69) is 6.92 Å². The summed E-state index contributed by atoms with van der Waals surface area (Å²) < 4.78 is 0. The van der Waals surface area contributed by atoms with Crippen molar-refractivity contribution in [2.45, 2.75) is 58.3 Å². The number of carboxylic acids is 3. The van der Waals surface area contributed by atoms with Gasteiger partial charge in [-0.3, -0.25) is 0 Å². The zero-order valence-electron chi connectivity index (χ0n) is 11.8. The average Bonchev–Trinajstić information content (AvgIpc) is 2.36. The fraction of sp³-hybridized carbons (Fsp3) is 0.643. The van der Waals surface area contributed by atoms with Gasteiger partial charge in [0.05, 0.1) is 11.9 Å². The summed E-state index contributed by atoms with van der Waals surface area (Å²) in [5, 5.41) is 28.9. The van der Waals surface area contributed by atoms with Gasteiger partial charge in [-0.05, 0) is 25.0 Å². The van der Waals surface area contributed by atoms with E-state index in [-0.39, 0.29) is 6.42 Å². The molecule has 0 bridgehead atoms. The molecular formula is C14H21O6-3. The Morgan fingerprint density at radius 2 is 1.15 bits per heavy atom. The third kappa shape index (κ3) is 25.1. The maximum Gasteiger partial charge on any atom is 0.0643 e. The molecule has 0 aromatic carbocycles. The normalized spacial score (nSPS) is 9.85. The Morgan fingerprint density at radius 1 is 0.750 bits per heavy atom. The van der Waals surface area contributed by atoms with Crippen molar-refractivity contribution in [3.63, 3.8) is 0 Å². The molecule has 0 saturated heterocycles. The number of carboxylic acid groups (broad SMARTS) is 3. The van der Waals surface area contributed by atoms with E-state index >= 15 is 0 Å². The summed E-state index contributed by atoms with van der Waals surface area (Å²) in [6.07, 6.45) is 9.11. The van der Waals surface area contributed by atoms with Crippen LogP contribution in [-0.2, 0) is 14.4 Å². The minimum atomic E-state index is -1.55. The number of carbonyl (C=O) groups is 3. The molecule has 20 heavy (non-hydrogen) atoms. The highest BCUT2D eigenvalue weighted by Crippen LogP contribution is 2.07. The molecule has 0 aromatic rings. The number of rotatable bonds is 10. The van der Waals surface area contributed by atoms with Crippen LogP contribution in [0.1, 0.15) is 58.3 Å². The summed E-state index contributed by atoms with van der Waals surface area (Å²) in [5.74, 6) is -4.01. The van der Waals surface area contributed by atoms with Crippen LogP contribution in [0.5, 0.6) is 0 Å². The lowest BCUT2D eigenvalue weighted by molar-refractivity contribution is -0.306. The van der Waals surface area contributed by atoms with Gasteiger partial charge in [0, 0.05) is 5.97 Å². The number of carbonyl (C=O) groups excluding carboxylic acids is 3. The Hall–Kier alpha value is -1.85. The maximum atomic E-state index is 10.0. The van der Waals surface area contributed by atoms with Crippen molar-refractivity contribution in [3.8, 4) is 0 Å². The van der Waals surface area contributed by atoms with Crippen LogP contribution in [0.2, 0.25) is 0 Å². The van der Waals surface area contributed by atoms with Crippen molar-refractivity contribution < 1.29 is 29.7 Å². The van der Waals surface area contributed by atoms with E-state index in [1.54, 1.807) is 0 Å². The van der Waals surface area contributed by atoms with E-state index in [1.807, 2.05) is 0 Å². The van der Waals surface area contributed by atoms with E-state index in [0.717, 1.165) is 12.8 Å². The second-order valence-corrected chi connectivity index (χ2v) is 4.21. The second kappa shape index (κ2) is 15.2. The van der Waals surface area contributed by atoms with Gasteiger partial charge in [0.25, 0.3) is 0 Å². The zero-order chi connectivity index (χ0) is 15.8. The standard InChI is InChI=1S/C10H20O2.C4H4O4/c1-2-3-4-5-6-7-8-9-10(11)12;5-3(6)1-2-4(7)8/h2-9H2,1H3,(H,11,12);1-2H,(H,5,6)(H,7,8)/p-3/b;2-1+. The monoisotopic (exact) mass is 285 g/mol. The lowest BCUT2D eigenvalue weighted by atomic mass is 10.1. The fourth-order valence-electron chi connectivity index (χ4n) is 1.36. The van der Waals surface area contributed by atoms with E-state index < -0.39 is 17.9 Å². The topological polar surface area (TPSA) is 120 Å². The van der Waals surface area contributed by atoms with Crippen LogP contribution >= 0.6 is 0 Å². The van der Waals surface area contributed by atoms with Gasteiger partial charge in [0.2, 0.25) is 0 Å². The molecule has 0 unspecified atom stereocenters. The molecule has 0 amide bonds. The van der Waals surface area contributed by atoms with Gasteiger partial charge in [0.15, 0.2) is 0 Å². The summed E-state index contributed by atoms with van der Waals surface area (Å²) in [7, 11) is 0. The van der Waals surface area contributed by atoms with Gasteiger partial charge in [-0.1, -0.05) is 45.4 Å². The Bertz CT molecular complexity index is 293. The molecular weight excluding hydrogens is 264 g/mol. The molecule has 6 heteroatoms. The first-order valence-electron chi connectivity index (χ1n) is 6.70. The molecule has 6 nitrogen and oxygen atoms in total. The third-order valence-electron chi connectivity index (χ3n) is 2.34. The van der Waals surface area contributed by atoms with Crippen molar-refractivity contribution >= 4 is 17.9 Å². The van der Waals surface area contributed by atoms with Crippen LogP contribution < -0.4 is 15.3 Å². The molecule has 0 atom stereocenters. The lowest BCUT2D eigenvalue weighted by Crippen LogP contribution is -2.23. The molecule has 0 aliphatic heterocycles. The number of unbranched alkanes of at least 4 members (excludes halogenated alkanes) is 6. The molecule has 0 saturated carbocycles. The molecule has 0 rings (SSSR count). The second-order valence-electron chi connectivity index (χ2n) is 4.21. The van der Waals surface area contributed by atoms with Crippen molar-refractivity contribution in [2.24, 2.45) is 0 Å². The van der Waals surface area contributed by atoms with Crippen LogP contribution in [0.25, 0.3) is 0 Å². The quantitative estimate of drug-likeness (QED) is 0.372. The first-order valence-corrected chi connectivity index (χ1v) is 6.70. The third-order valence-corrected chi connectivity index (χ3v) is 2.34. The molecule has 0 spiro atoms. The van der Waals surface area contributed by atoms with E-state index in [4.69, 9.17) is 0 Å². The molecule has 0 N–H and O–H groups in total. The molecule has 0 aliphatic carbocycles. The Morgan fingerprint density at radius 3 is 1.50 bits per heavy atom. The van der Waals surface area contributed by atoms with Crippen LogP contribution in [0.4, 0.5) is 0 Å². The lowest BCUT2D eigenvalue weighted by Gasteiger charge is -2.01. The molecule has 116 valence electrons. The summed E-state index contributed by atoms with van der Waals surface area (Å²) >= 11 is 0. The van der Waals surface area contributed by atoms with E-state index in [1.165, 1.54) is 32.1 Å². The van der Waals surface area contributed by atoms with Gasteiger partial charge in [-0.25, -0.2) is 0 Å². The highest BCUT2D eigenvalue weighted by atomic mass is 16.4. The van der Waals surface area contributed by atoms with Crippen molar-refractivity contribution in [1.29, 1.82) is 0 Å². The molecule has 0 aliphatic rings. The summed E-state index contributed by atoms with van der Waals surface area (Å²) in [6, 6.07) is 0. The predicted octanol–water partition coefficient (Wildman–Crippen LogP) is -1.08. The first-order chi connectivity index (χ1) is 9.40. The molecule has 0 aromatic heterocycles. The van der Waals surface area contributed by atoms with Gasteiger partial charge < -0.3 is 29.7 Å². The Balaban J connectivity index is 0. The smallest absolute Gasteiger partial charge is 0.0643 e. The van der Waals surface area contributed by atoms with Crippen LogP contribution in [0.15, 0.2) is 12.2 Å². The number of hydrogen-bond acceptors (Lipinski definition) is 6. The first kappa shape index (κ1) is 20.5. The highest BCUT2D eigenvalue weighted by Gasteiger charge is 1.90. The van der Waals surface area contributed by atoms with Crippen molar-refractivity contribution in [1.82, 2.24) is 0 Å². The summed E-state index contributed by atoms with van der Waals surface area (Å²) in [4.78, 5) is 28.9. The predicted molar refractivity (Wildman–Crippen MR) is 66.8 cm³/mol. The van der Waals surface area contributed by atoms with Gasteiger partial charge >= 0.3 is 0 Å². The Labute approximate surface area is 119 Å². The van der Waals surface area contributed by atoms with Crippen LogP contribution in [0, 0.1) is 0 Å². The van der Waals surface area contributed by atoms with Gasteiger partial charge in [-0.15, -0.1) is 0 Å². The summed E-state index contributed by atoms with van der Waals surface area (Å²) in [6.45, 7) is 2.19. The highest BCUT2D eigenvalue weighted by molar-refractivity contribution is 5.87. The fourth-order valence-corrected chi connectivity index (χ4v) is 1.36. The van der Waals surface area contributed by atoms with Crippen LogP contribution in [0.3, 0.4) is 0 Å². The van der Waals surface area contributed by atoms with E-state index in [0.29, 0.717) is 12.2 Å². The maximum absolute atomic E-state index is 10.0. The minimum Gasteiger partial charge on any atom is -0.550 e.